The highest BCUT2D eigenvalue weighted by atomic mass is 35.5. The molecule has 2 aromatic rings. The predicted molar refractivity (Wildman–Crippen MR) is 110 cm³/mol. The molecule has 1 saturated heterocycles. The number of carbonyl (C=O) groups is 1. The average molecular weight is 436 g/mol. The van der Waals surface area contributed by atoms with E-state index in [1.807, 2.05) is 6.92 Å². The second-order valence-corrected chi connectivity index (χ2v) is 7.40. The number of amides is 1. The Labute approximate surface area is 174 Å². The van der Waals surface area contributed by atoms with Crippen LogP contribution in [0.15, 0.2) is 24.3 Å². The van der Waals surface area contributed by atoms with Gasteiger partial charge < -0.3 is 15.4 Å². The van der Waals surface area contributed by atoms with Crippen LogP contribution < -0.4 is 15.4 Å². The van der Waals surface area contributed by atoms with E-state index in [1.165, 1.54) is 23.5 Å². The van der Waals surface area contributed by atoms with E-state index in [0.717, 1.165) is 24.5 Å². The van der Waals surface area contributed by atoms with Crippen LogP contribution in [0, 0.1) is 18.7 Å². The van der Waals surface area contributed by atoms with Crippen LogP contribution in [0.4, 0.5) is 4.39 Å². The molecule has 1 aromatic carbocycles. The fourth-order valence-electron chi connectivity index (χ4n) is 2.82. The van der Waals surface area contributed by atoms with Gasteiger partial charge in [-0.3, -0.25) is 4.79 Å². The van der Waals surface area contributed by atoms with E-state index >= 15 is 0 Å². The molecule has 1 amide bonds. The topological polar surface area (TPSA) is 63.2 Å². The Hall–Kier alpha value is -1.41. The molecule has 2 N–H and O–H groups in total. The van der Waals surface area contributed by atoms with Crippen LogP contribution in [0.25, 0.3) is 0 Å². The lowest BCUT2D eigenvalue weighted by molar-refractivity contribution is 0.0918. The maximum absolute atomic E-state index is 12.9. The molecule has 0 bridgehead atoms. The van der Waals surface area contributed by atoms with Crippen molar-refractivity contribution in [3.05, 3.63) is 45.7 Å². The number of carbonyl (C=O) groups excluding carboxylic acids is 1. The summed E-state index contributed by atoms with van der Waals surface area (Å²) in [7, 11) is 0. The number of halogens is 3. The third kappa shape index (κ3) is 6.31. The molecule has 1 aliphatic heterocycles. The van der Waals surface area contributed by atoms with E-state index in [-0.39, 0.29) is 49.2 Å². The Kier molecular flexibility index (Phi) is 9.45. The van der Waals surface area contributed by atoms with Crippen molar-refractivity contribution in [2.45, 2.75) is 32.9 Å². The number of ether oxygens (including phenoxy) is 1. The number of benzene rings is 1. The van der Waals surface area contributed by atoms with Gasteiger partial charge in [-0.2, -0.15) is 0 Å². The monoisotopic (exact) mass is 435 g/mol. The molecule has 2 unspecified atom stereocenters. The van der Waals surface area contributed by atoms with Crippen molar-refractivity contribution in [3.63, 3.8) is 0 Å². The fourth-order valence-corrected chi connectivity index (χ4v) is 3.70. The normalized spacial score (nSPS) is 18.8. The van der Waals surface area contributed by atoms with Gasteiger partial charge >= 0.3 is 0 Å². The van der Waals surface area contributed by atoms with Crippen LogP contribution in [-0.2, 0) is 6.61 Å². The van der Waals surface area contributed by atoms with Gasteiger partial charge in [0.25, 0.3) is 5.91 Å². The van der Waals surface area contributed by atoms with Crippen molar-refractivity contribution in [2.75, 3.05) is 13.1 Å². The SMILES string of the molecule is Cc1nc(COc2ccc(F)cc2)sc1C(=O)NC1CNCCC1C.Cl.Cl. The number of aryl methyl sites for hydroxylation is 1. The van der Waals surface area contributed by atoms with Crippen LogP contribution in [0.3, 0.4) is 0 Å². The summed E-state index contributed by atoms with van der Waals surface area (Å²) in [5.41, 5.74) is 0.705. The lowest BCUT2D eigenvalue weighted by atomic mass is 9.95. The van der Waals surface area contributed by atoms with Crippen molar-refractivity contribution in [3.8, 4) is 5.75 Å². The molecule has 1 aromatic heterocycles. The highest BCUT2D eigenvalue weighted by Gasteiger charge is 2.25. The lowest BCUT2D eigenvalue weighted by Gasteiger charge is -2.30. The van der Waals surface area contributed by atoms with Crippen molar-refractivity contribution < 1.29 is 13.9 Å². The minimum absolute atomic E-state index is 0. The van der Waals surface area contributed by atoms with Crippen LogP contribution in [-0.4, -0.2) is 30.0 Å². The summed E-state index contributed by atoms with van der Waals surface area (Å²) >= 11 is 1.34. The summed E-state index contributed by atoms with van der Waals surface area (Å²) in [6.45, 7) is 6.04. The first-order valence-electron chi connectivity index (χ1n) is 8.39. The van der Waals surface area contributed by atoms with E-state index in [9.17, 15) is 9.18 Å². The Balaban J connectivity index is 0.00000182. The van der Waals surface area contributed by atoms with Gasteiger partial charge in [-0.1, -0.05) is 6.92 Å². The first-order chi connectivity index (χ1) is 12.0. The van der Waals surface area contributed by atoms with Gasteiger partial charge in [0.1, 0.15) is 28.1 Å². The van der Waals surface area contributed by atoms with Gasteiger partial charge in [-0.05, 0) is 50.1 Å². The number of hydrogen-bond donors (Lipinski definition) is 2. The molecule has 0 saturated carbocycles. The van der Waals surface area contributed by atoms with E-state index < -0.39 is 0 Å². The standard InChI is InChI=1S/C18H22FN3O2S.2ClH/c1-11-7-8-20-9-15(11)22-18(23)17-12(2)21-16(25-17)10-24-14-5-3-13(19)4-6-14;;/h3-6,11,15,20H,7-10H2,1-2H3,(H,22,23);2*1H. The van der Waals surface area contributed by atoms with Crippen LogP contribution in [0.5, 0.6) is 5.75 Å². The third-order valence-corrected chi connectivity index (χ3v) is 5.50. The zero-order valence-electron chi connectivity index (χ0n) is 15.2. The second-order valence-electron chi connectivity index (χ2n) is 6.31. The molecule has 1 aliphatic rings. The van der Waals surface area contributed by atoms with Crippen LogP contribution in [0.2, 0.25) is 0 Å². The van der Waals surface area contributed by atoms with Crippen molar-refractivity contribution in [2.24, 2.45) is 5.92 Å². The van der Waals surface area contributed by atoms with Crippen LogP contribution in [0.1, 0.15) is 33.7 Å². The van der Waals surface area contributed by atoms with Gasteiger partial charge in [-0.25, -0.2) is 9.37 Å². The van der Waals surface area contributed by atoms with Crippen LogP contribution >= 0.6 is 36.2 Å². The molecule has 9 heteroatoms. The highest BCUT2D eigenvalue weighted by molar-refractivity contribution is 7.13. The molecule has 3 rings (SSSR count). The largest absolute Gasteiger partial charge is 0.486 e. The first kappa shape index (κ1) is 23.6. The fraction of sp³-hybridized carbons (Fsp3) is 0.444. The van der Waals surface area contributed by atoms with Gasteiger partial charge in [0.15, 0.2) is 0 Å². The van der Waals surface area contributed by atoms with Gasteiger partial charge in [0.05, 0.1) is 5.69 Å². The van der Waals surface area contributed by atoms with Crippen molar-refractivity contribution >= 4 is 42.1 Å². The maximum Gasteiger partial charge on any atom is 0.263 e. The summed E-state index contributed by atoms with van der Waals surface area (Å²) in [6.07, 6.45) is 1.06. The number of hydrogen-bond acceptors (Lipinski definition) is 5. The van der Waals surface area contributed by atoms with E-state index in [2.05, 4.69) is 22.5 Å². The van der Waals surface area contributed by atoms with E-state index in [0.29, 0.717) is 22.2 Å². The average Bonchev–Trinajstić information content (AvgIpc) is 2.97. The highest BCUT2D eigenvalue weighted by Crippen LogP contribution is 2.21. The molecule has 2 atom stereocenters. The Morgan fingerprint density at radius 1 is 1.37 bits per heavy atom. The maximum atomic E-state index is 12.9. The summed E-state index contributed by atoms with van der Waals surface area (Å²) in [6, 6.07) is 5.98. The Bertz CT molecular complexity index is 743. The second kappa shape index (κ2) is 10.8. The number of thiazole rings is 1. The molecule has 27 heavy (non-hydrogen) atoms. The van der Waals surface area contributed by atoms with E-state index in [1.54, 1.807) is 12.1 Å². The minimum Gasteiger partial charge on any atom is -0.486 e. The number of nitrogens with one attached hydrogen (secondary N) is 2. The van der Waals surface area contributed by atoms with Crippen molar-refractivity contribution in [1.29, 1.82) is 0 Å². The molecule has 0 radical (unpaired) electrons. The zero-order chi connectivity index (χ0) is 17.8. The molecule has 1 fully saturated rings. The Morgan fingerprint density at radius 3 is 2.74 bits per heavy atom. The van der Waals surface area contributed by atoms with Gasteiger partial charge in [-0.15, -0.1) is 36.2 Å². The van der Waals surface area contributed by atoms with E-state index in [4.69, 9.17) is 4.74 Å². The van der Waals surface area contributed by atoms with Crippen molar-refractivity contribution in [1.82, 2.24) is 15.6 Å². The third-order valence-electron chi connectivity index (χ3n) is 4.37. The number of piperidine rings is 1. The molecule has 2 heterocycles. The zero-order valence-corrected chi connectivity index (χ0v) is 17.6. The number of nitrogens with zero attached hydrogens (tertiary/aromatic N) is 1. The minimum atomic E-state index is -0.303. The predicted octanol–water partition coefficient (Wildman–Crippen LogP) is 3.74. The quantitative estimate of drug-likeness (QED) is 0.750. The smallest absolute Gasteiger partial charge is 0.263 e. The summed E-state index contributed by atoms with van der Waals surface area (Å²) in [5.74, 6) is 0.647. The Morgan fingerprint density at radius 2 is 2.07 bits per heavy atom. The molecule has 150 valence electrons. The number of rotatable bonds is 5. The summed E-state index contributed by atoms with van der Waals surface area (Å²) in [4.78, 5) is 17.6. The first-order valence-corrected chi connectivity index (χ1v) is 9.21. The molecular weight excluding hydrogens is 412 g/mol. The summed E-state index contributed by atoms with van der Waals surface area (Å²) < 4.78 is 18.5. The van der Waals surface area contributed by atoms with Gasteiger partial charge in [0, 0.05) is 12.6 Å². The molecule has 0 aliphatic carbocycles. The number of aromatic nitrogens is 1. The van der Waals surface area contributed by atoms with Gasteiger partial charge in [0.2, 0.25) is 0 Å². The molecule has 0 spiro atoms. The molecular formula is C18H24Cl2FN3O2S. The lowest BCUT2D eigenvalue weighted by Crippen LogP contribution is -2.50. The molecule has 5 nitrogen and oxygen atoms in total. The summed E-state index contributed by atoms with van der Waals surface area (Å²) in [5, 5.41) is 7.14.